The van der Waals surface area contributed by atoms with Gasteiger partial charge in [-0.25, -0.2) is 0 Å². The number of benzene rings is 3. The Balaban J connectivity index is 1.91. The molecular formula is C20H14O3. The lowest BCUT2D eigenvalue weighted by Gasteiger charge is -1.97. The number of hydrogen-bond donors (Lipinski definition) is 0. The lowest BCUT2D eigenvalue weighted by molar-refractivity contribution is 0.414. The van der Waals surface area contributed by atoms with Gasteiger partial charge in [0, 0.05) is 27.6 Å². The fourth-order valence-corrected chi connectivity index (χ4v) is 3.26. The maximum absolute atomic E-state index is 6.04. The molecule has 0 saturated heterocycles. The Kier molecular flexibility index (Phi) is 2.35. The second kappa shape index (κ2) is 4.29. The van der Waals surface area contributed by atoms with Crippen molar-refractivity contribution in [2.45, 2.75) is 6.92 Å². The molecule has 0 unspecified atom stereocenters. The van der Waals surface area contributed by atoms with Crippen LogP contribution >= 0.6 is 0 Å². The van der Waals surface area contributed by atoms with Gasteiger partial charge in [0.2, 0.25) is 0 Å². The standard InChI is InChI=1S/C20H14O3/c1-11-3-5-13-15-9-20-16(10-19(15)22-17(13)7-11)14-6-4-12(21-2)8-18(14)23-20/h3-10H,1-2H3. The van der Waals surface area contributed by atoms with Crippen LogP contribution in [0.15, 0.2) is 57.4 Å². The fraction of sp³-hybridized carbons (Fsp3) is 0.100. The first-order valence-corrected chi connectivity index (χ1v) is 7.56. The number of fused-ring (bicyclic) bond motifs is 6. The Morgan fingerprint density at radius 3 is 1.87 bits per heavy atom. The highest BCUT2D eigenvalue weighted by Crippen LogP contribution is 2.37. The summed E-state index contributed by atoms with van der Waals surface area (Å²) in [7, 11) is 1.66. The van der Waals surface area contributed by atoms with Crippen molar-refractivity contribution in [3.63, 3.8) is 0 Å². The number of rotatable bonds is 1. The predicted octanol–water partition coefficient (Wildman–Crippen LogP) is 5.80. The summed E-state index contributed by atoms with van der Waals surface area (Å²) in [6.07, 6.45) is 0. The number of hydrogen-bond acceptors (Lipinski definition) is 3. The Hall–Kier alpha value is -2.94. The summed E-state index contributed by atoms with van der Waals surface area (Å²) >= 11 is 0. The zero-order valence-electron chi connectivity index (χ0n) is 12.8. The minimum Gasteiger partial charge on any atom is -0.497 e. The first kappa shape index (κ1) is 12.6. The summed E-state index contributed by atoms with van der Waals surface area (Å²) in [6, 6.07) is 16.3. The van der Waals surface area contributed by atoms with Crippen molar-refractivity contribution in [1.29, 1.82) is 0 Å². The Labute approximate surface area is 132 Å². The van der Waals surface area contributed by atoms with Crippen molar-refractivity contribution >= 4 is 43.9 Å². The Bertz CT molecular complexity index is 1210. The third-order valence-corrected chi connectivity index (χ3v) is 4.43. The van der Waals surface area contributed by atoms with Crippen LogP contribution in [-0.4, -0.2) is 7.11 Å². The second-order valence-corrected chi connectivity index (χ2v) is 5.91. The summed E-state index contributed by atoms with van der Waals surface area (Å²) in [5.74, 6) is 0.793. The molecule has 0 aliphatic carbocycles. The zero-order valence-corrected chi connectivity index (χ0v) is 12.8. The number of ether oxygens (including phenoxy) is 1. The first-order chi connectivity index (χ1) is 11.2. The highest BCUT2D eigenvalue weighted by atomic mass is 16.5. The van der Waals surface area contributed by atoms with Gasteiger partial charge in [0.05, 0.1) is 7.11 Å². The minimum absolute atomic E-state index is 0.793. The highest BCUT2D eigenvalue weighted by Gasteiger charge is 2.13. The number of furan rings is 2. The largest absolute Gasteiger partial charge is 0.497 e. The molecule has 0 N–H and O–H groups in total. The molecule has 5 rings (SSSR count). The molecule has 0 fully saturated rings. The van der Waals surface area contributed by atoms with E-state index in [-0.39, 0.29) is 0 Å². The molecule has 0 aliphatic heterocycles. The molecule has 0 bridgehead atoms. The zero-order chi connectivity index (χ0) is 15.6. The predicted molar refractivity (Wildman–Crippen MR) is 92.3 cm³/mol. The summed E-state index contributed by atoms with van der Waals surface area (Å²) in [5, 5.41) is 4.33. The summed E-state index contributed by atoms with van der Waals surface area (Å²) in [4.78, 5) is 0. The molecule has 0 atom stereocenters. The smallest absolute Gasteiger partial charge is 0.139 e. The Morgan fingerprint density at radius 1 is 0.652 bits per heavy atom. The molecule has 23 heavy (non-hydrogen) atoms. The molecule has 0 radical (unpaired) electrons. The maximum Gasteiger partial charge on any atom is 0.139 e. The highest BCUT2D eigenvalue weighted by molar-refractivity contribution is 6.14. The van der Waals surface area contributed by atoms with E-state index in [1.54, 1.807) is 7.11 Å². The first-order valence-electron chi connectivity index (χ1n) is 7.56. The van der Waals surface area contributed by atoms with Gasteiger partial charge in [-0.15, -0.1) is 0 Å². The second-order valence-electron chi connectivity index (χ2n) is 5.91. The van der Waals surface area contributed by atoms with E-state index in [0.717, 1.165) is 49.6 Å². The molecule has 5 aromatic rings. The molecule has 0 amide bonds. The normalized spacial score (nSPS) is 11.9. The van der Waals surface area contributed by atoms with Gasteiger partial charge < -0.3 is 13.6 Å². The van der Waals surface area contributed by atoms with Gasteiger partial charge in [-0.05, 0) is 42.8 Å². The molecule has 2 heterocycles. The van der Waals surface area contributed by atoms with Crippen LogP contribution in [-0.2, 0) is 0 Å². The van der Waals surface area contributed by atoms with Crippen molar-refractivity contribution in [3.05, 3.63) is 54.1 Å². The van der Waals surface area contributed by atoms with Crippen LogP contribution in [0.1, 0.15) is 5.56 Å². The average Bonchev–Trinajstić information content (AvgIpc) is 3.08. The molecular weight excluding hydrogens is 288 g/mol. The monoisotopic (exact) mass is 302 g/mol. The van der Waals surface area contributed by atoms with E-state index in [2.05, 4.69) is 37.3 Å². The van der Waals surface area contributed by atoms with Crippen LogP contribution < -0.4 is 4.74 Å². The quantitative estimate of drug-likeness (QED) is 0.392. The average molecular weight is 302 g/mol. The molecule has 112 valence electrons. The summed E-state index contributed by atoms with van der Waals surface area (Å²) in [6.45, 7) is 2.07. The molecule has 3 heteroatoms. The van der Waals surface area contributed by atoms with E-state index < -0.39 is 0 Å². The van der Waals surface area contributed by atoms with Gasteiger partial charge in [-0.1, -0.05) is 12.1 Å². The van der Waals surface area contributed by atoms with E-state index >= 15 is 0 Å². The summed E-state index contributed by atoms with van der Waals surface area (Å²) < 4.78 is 17.3. The molecule has 0 saturated carbocycles. The Morgan fingerprint density at radius 2 is 1.22 bits per heavy atom. The van der Waals surface area contributed by atoms with Crippen molar-refractivity contribution < 1.29 is 13.6 Å². The van der Waals surface area contributed by atoms with Crippen molar-refractivity contribution in [1.82, 2.24) is 0 Å². The fourth-order valence-electron chi connectivity index (χ4n) is 3.26. The number of aryl methyl sites for hydroxylation is 1. The third-order valence-electron chi connectivity index (χ3n) is 4.43. The molecule has 0 spiro atoms. The van der Waals surface area contributed by atoms with E-state index in [1.807, 2.05) is 18.2 Å². The molecule has 0 aliphatic rings. The van der Waals surface area contributed by atoms with Gasteiger partial charge in [0.15, 0.2) is 0 Å². The SMILES string of the molecule is COc1ccc2c(c1)oc1cc3c(cc12)oc1cc(C)ccc13. The van der Waals surface area contributed by atoms with Crippen LogP contribution in [0, 0.1) is 6.92 Å². The summed E-state index contributed by atoms with van der Waals surface area (Å²) in [5.41, 5.74) is 4.68. The van der Waals surface area contributed by atoms with E-state index in [1.165, 1.54) is 5.56 Å². The van der Waals surface area contributed by atoms with Crippen molar-refractivity contribution in [3.8, 4) is 5.75 Å². The number of methoxy groups -OCH3 is 1. The minimum atomic E-state index is 0.793. The molecule has 3 aromatic carbocycles. The van der Waals surface area contributed by atoms with Gasteiger partial charge in [-0.3, -0.25) is 0 Å². The van der Waals surface area contributed by atoms with Crippen LogP contribution in [0.5, 0.6) is 5.75 Å². The van der Waals surface area contributed by atoms with Gasteiger partial charge in [0.25, 0.3) is 0 Å². The van der Waals surface area contributed by atoms with E-state index in [4.69, 9.17) is 13.6 Å². The van der Waals surface area contributed by atoms with Crippen LogP contribution in [0.3, 0.4) is 0 Å². The third kappa shape index (κ3) is 1.70. The van der Waals surface area contributed by atoms with Crippen molar-refractivity contribution in [2.24, 2.45) is 0 Å². The lowest BCUT2D eigenvalue weighted by atomic mass is 10.1. The van der Waals surface area contributed by atoms with E-state index in [9.17, 15) is 0 Å². The molecule has 2 aromatic heterocycles. The molecule has 3 nitrogen and oxygen atoms in total. The van der Waals surface area contributed by atoms with E-state index in [0.29, 0.717) is 0 Å². The van der Waals surface area contributed by atoms with Gasteiger partial charge in [0.1, 0.15) is 28.1 Å². The van der Waals surface area contributed by atoms with Crippen LogP contribution in [0.2, 0.25) is 0 Å². The van der Waals surface area contributed by atoms with Crippen LogP contribution in [0.25, 0.3) is 43.9 Å². The maximum atomic E-state index is 6.04. The van der Waals surface area contributed by atoms with Gasteiger partial charge >= 0.3 is 0 Å². The lowest BCUT2D eigenvalue weighted by Crippen LogP contribution is -1.80. The topological polar surface area (TPSA) is 35.5 Å². The van der Waals surface area contributed by atoms with Crippen LogP contribution in [0.4, 0.5) is 0 Å². The van der Waals surface area contributed by atoms with Crippen molar-refractivity contribution in [2.75, 3.05) is 7.11 Å². The van der Waals surface area contributed by atoms with Gasteiger partial charge in [-0.2, -0.15) is 0 Å².